The van der Waals surface area contributed by atoms with Crippen LogP contribution in [0.1, 0.15) is 11.3 Å². The summed E-state index contributed by atoms with van der Waals surface area (Å²) in [5.74, 6) is 0. The fourth-order valence-electron chi connectivity index (χ4n) is 1.56. The molecule has 4 heteroatoms. The molecule has 0 unspecified atom stereocenters. The standard InChI is InChI=1S/C13H9N3O/c1-2-8-14-11(3-1)6-4-10-5-7-12-13(9-10)16-17-15-12/h1-9H. The molecular weight excluding hydrogens is 214 g/mol. The molecule has 0 radical (unpaired) electrons. The molecule has 0 saturated heterocycles. The molecule has 0 bridgehead atoms. The van der Waals surface area contributed by atoms with Crippen molar-refractivity contribution in [1.82, 2.24) is 15.3 Å². The second-order valence-electron chi connectivity index (χ2n) is 3.60. The molecule has 0 atom stereocenters. The summed E-state index contributed by atoms with van der Waals surface area (Å²) in [4.78, 5) is 4.21. The molecule has 0 amide bonds. The van der Waals surface area contributed by atoms with Crippen LogP contribution in [0, 0.1) is 0 Å². The van der Waals surface area contributed by atoms with Gasteiger partial charge in [-0.1, -0.05) is 18.2 Å². The van der Waals surface area contributed by atoms with Gasteiger partial charge in [0.05, 0.1) is 5.69 Å². The highest BCUT2D eigenvalue weighted by atomic mass is 16.6. The van der Waals surface area contributed by atoms with Crippen molar-refractivity contribution in [2.45, 2.75) is 0 Å². The maximum absolute atomic E-state index is 4.65. The van der Waals surface area contributed by atoms with Crippen LogP contribution in [0.15, 0.2) is 47.2 Å². The molecule has 0 saturated carbocycles. The number of benzene rings is 1. The van der Waals surface area contributed by atoms with Crippen LogP contribution in [-0.2, 0) is 0 Å². The van der Waals surface area contributed by atoms with Crippen LogP contribution in [0.3, 0.4) is 0 Å². The molecule has 3 rings (SSSR count). The Labute approximate surface area is 97.6 Å². The second-order valence-corrected chi connectivity index (χ2v) is 3.60. The number of hydrogen-bond acceptors (Lipinski definition) is 4. The summed E-state index contributed by atoms with van der Waals surface area (Å²) in [6.07, 6.45) is 5.70. The minimum atomic E-state index is 0.758. The Morgan fingerprint density at radius 1 is 0.941 bits per heavy atom. The summed E-state index contributed by atoms with van der Waals surface area (Å²) in [7, 11) is 0. The molecule has 0 fully saturated rings. The predicted octanol–water partition coefficient (Wildman–Crippen LogP) is 2.79. The van der Waals surface area contributed by atoms with Crippen LogP contribution < -0.4 is 0 Å². The van der Waals surface area contributed by atoms with E-state index >= 15 is 0 Å². The van der Waals surface area contributed by atoms with Crippen LogP contribution in [0.2, 0.25) is 0 Å². The summed E-state index contributed by atoms with van der Waals surface area (Å²) in [6, 6.07) is 11.6. The van der Waals surface area contributed by atoms with E-state index in [1.807, 2.05) is 48.6 Å². The number of hydrogen-bond donors (Lipinski definition) is 0. The van der Waals surface area contributed by atoms with Crippen LogP contribution in [0.4, 0.5) is 0 Å². The smallest absolute Gasteiger partial charge is 0.135 e. The maximum atomic E-state index is 4.65. The van der Waals surface area contributed by atoms with Gasteiger partial charge in [0, 0.05) is 6.20 Å². The Morgan fingerprint density at radius 3 is 2.76 bits per heavy atom. The molecule has 2 aromatic heterocycles. The van der Waals surface area contributed by atoms with Gasteiger partial charge in [-0.15, -0.1) is 0 Å². The number of fused-ring (bicyclic) bond motifs is 1. The van der Waals surface area contributed by atoms with Crippen molar-refractivity contribution in [3.63, 3.8) is 0 Å². The summed E-state index contributed by atoms with van der Waals surface area (Å²) in [6.45, 7) is 0. The van der Waals surface area contributed by atoms with Crippen molar-refractivity contribution in [1.29, 1.82) is 0 Å². The highest BCUT2D eigenvalue weighted by Gasteiger charge is 1.99. The van der Waals surface area contributed by atoms with E-state index in [1.54, 1.807) is 6.20 Å². The van der Waals surface area contributed by atoms with Gasteiger partial charge in [0.1, 0.15) is 11.0 Å². The Morgan fingerprint density at radius 2 is 1.88 bits per heavy atom. The van der Waals surface area contributed by atoms with E-state index < -0.39 is 0 Å². The van der Waals surface area contributed by atoms with Gasteiger partial charge >= 0.3 is 0 Å². The molecule has 82 valence electrons. The third kappa shape index (κ3) is 2.06. The van der Waals surface area contributed by atoms with Crippen molar-refractivity contribution < 1.29 is 4.63 Å². The molecule has 0 N–H and O–H groups in total. The van der Waals surface area contributed by atoms with Crippen molar-refractivity contribution in [3.8, 4) is 0 Å². The lowest BCUT2D eigenvalue weighted by Gasteiger charge is -1.92. The predicted molar refractivity (Wildman–Crippen MR) is 65.0 cm³/mol. The molecule has 1 aromatic carbocycles. The molecule has 4 nitrogen and oxygen atoms in total. The number of nitrogens with zero attached hydrogens (tertiary/aromatic N) is 3. The van der Waals surface area contributed by atoms with Gasteiger partial charge in [0.15, 0.2) is 0 Å². The van der Waals surface area contributed by atoms with Crippen molar-refractivity contribution in [3.05, 3.63) is 53.9 Å². The van der Waals surface area contributed by atoms with Gasteiger partial charge in [-0.2, -0.15) is 0 Å². The molecule has 17 heavy (non-hydrogen) atoms. The number of rotatable bonds is 2. The van der Waals surface area contributed by atoms with E-state index in [4.69, 9.17) is 0 Å². The zero-order valence-corrected chi connectivity index (χ0v) is 8.95. The number of pyridine rings is 1. The van der Waals surface area contributed by atoms with E-state index in [-0.39, 0.29) is 0 Å². The van der Waals surface area contributed by atoms with Gasteiger partial charge in [0.25, 0.3) is 0 Å². The average molecular weight is 223 g/mol. The lowest BCUT2D eigenvalue weighted by atomic mass is 10.1. The topological polar surface area (TPSA) is 51.8 Å². The van der Waals surface area contributed by atoms with E-state index in [9.17, 15) is 0 Å². The molecule has 3 aromatic rings. The SMILES string of the molecule is C(=Cc1ccccn1)c1ccc2nonc2c1. The van der Waals surface area contributed by atoms with Crippen molar-refractivity contribution in [2.24, 2.45) is 0 Å². The van der Waals surface area contributed by atoms with Crippen molar-refractivity contribution >= 4 is 23.2 Å². The van der Waals surface area contributed by atoms with Gasteiger partial charge in [0.2, 0.25) is 0 Å². The maximum Gasteiger partial charge on any atom is 0.135 e. The number of aromatic nitrogens is 3. The summed E-state index contributed by atoms with van der Waals surface area (Å²) in [5.41, 5.74) is 3.48. The van der Waals surface area contributed by atoms with Gasteiger partial charge < -0.3 is 0 Å². The van der Waals surface area contributed by atoms with E-state index in [0.717, 1.165) is 22.3 Å². The Balaban J connectivity index is 1.92. The van der Waals surface area contributed by atoms with Gasteiger partial charge in [-0.3, -0.25) is 4.98 Å². The van der Waals surface area contributed by atoms with Crippen LogP contribution in [-0.4, -0.2) is 15.3 Å². The van der Waals surface area contributed by atoms with Gasteiger partial charge in [-0.05, 0) is 46.2 Å². The van der Waals surface area contributed by atoms with E-state index in [2.05, 4.69) is 19.9 Å². The van der Waals surface area contributed by atoms with Gasteiger partial charge in [-0.25, -0.2) is 4.63 Å². The first-order valence-corrected chi connectivity index (χ1v) is 5.23. The van der Waals surface area contributed by atoms with Crippen LogP contribution >= 0.6 is 0 Å². The first kappa shape index (κ1) is 9.72. The summed E-state index contributed by atoms with van der Waals surface area (Å²) in [5, 5.41) is 7.55. The Bertz CT molecular complexity index is 658. The lowest BCUT2D eigenvalue weighted by molar-refractivity contribution is 0.315. The zero-order valence-electron chi connectivity index (χ0n) is 8.95. The Kier molecular flexibility index (Phi) is 2.38. The average Bonchev–Trinajstić information content (AvgIpc) is 2.85. The zero-order chi connectivity index (χ0) is 11.5. The van der Waals surface area contributed by atoms with E-state index in [1.165, 1.54) is 0 Å². The molecule has 0 aliphatic carbocycles. The highest BCUT2D eigenvalue weighted by molar-refractivity contribution is 5.79. The minimum Gasteiger partial charge on any atom is -0.257 e. The fourth-order valence-corrected chi connectivity index (χ4v) is 1.56. The molecular formula is C13H9N3O. The summed E-state index contributed by atoms with van der Waals surface area (Å²) >= 11 is 0. The largest absolute Gasteiger partial charge is 0.257 e. The Hall–Kier alpha value is -2.49. The third-order valence-electron chi connectivity index (χ3n) is 2.41. The fraction of sp³-hybridized carbons (Fsp3) is 0. The monoisotopic (exact) mass is 223 g/mol. The first-order chi connectivity index (χ1) is 8.42. The molecule has 2 heterocycles. The quantitative estimate of drug-likeness (QED) is 0.670. The highest BCUT2D eigenvalue weighted by Crippen LogP contribution is 2.13. The summed E-state index contributed by atoms with van der Waals surface area (Å²) < 4.78 is 4.65. The molecule has 0 spiro atoms. The molecule has 0 aliphatic rings. The second kappa shape index (κ2) is 4.17. The van der Waals surface area contributed by atoms with Crippen LogP contribution in [0.25, 0.3) is 23.2 Å². The molecule has 0 aliphatic heterocycles. The van der Waals surface area contributed by atoms with Crippen molar-refractivity contribution in [2.75, 3.05) is 0 Å². The minimum absolute atomic E-state index is 0.758. The first-order valence-electron chi connectivity index (χ1n) is 5.23. The lowest BCUT2D eigenvalue weighted by Crippen LogP contribution is -1.77. The van der Waals surface area contributed by atoms with E-state index in [0.29, 0.717) is 0 Å². The normalized spacial score (nSPS) is 11.3. The third-order valence-corrected chi connectivity index (χ3v) is 2.41. The van der Waals surface area contributed by atoms with Crippen LogP contribution in [0.5, 0.6) is 0 Å².